The van der Waals surface area contributed by atoms with Gasteiger partial charge in [-0.15, -0.1) is 0 Å². The minimum absolute atomic E-state index is 0.224. The largest absolute Gasteiger partial charge is 0.534 e. The number of nitrogens with zero attached hydrogens (tertiary/aromatic N) is 1. The highest BCUT2D eigenvalue weighted by Gasteiger charge is 2.48. The Hall–Kier alpha value is -1.54. The number of pyridine rings is 1. The summed E-state index contributed by atoms with van der Waals surface area (Å²) in [4.78, 5) is 3.85. The first-order chi connectivity index (χ1) is 8.71. The van der Waals surface area contributed by atoms with E-state index < -0.39 is 21.4 Å². The molecule has 2 aromatic rings. The van der Waals surface area contributed by atoms with Gasteiger partial charge in [-0.2, -0.15) is 21.6 Å². The molecule has 0 N–H and O–H groups in total. The molecule has 9 heteroatoms. The van der Waals surface area contributed by atoms with Crippen LogP contribution in [0.15, 0.2) is 30.5 Å². The lowest BCUT2D eigenvalue weighted by Gasteiger charge is -2.09. The number of halogens is 4. The molecule has 2 rings (SSSR count). The van der Waals surface area contributed by atoms with Gasteiger partial charge in [0.15, 0.2) is 0 Å². The van der Waals surface area contributed by atoms with E-state index in [2.05, 4.69) is 9.17 Å². The van der Waals surface area contributed by atoms with E-state index in [4.69, 9.17) is 11.6 Å². The van der Waals surface area contributed by atoms with Crippen LogP contribution in [0.1, 0.15) is 0 Å². The highest BCUT2D eigenvalue weighted by Crippen LogP contribution is 2.29. The number of aromatic nitrogens is 1. The second-order valence-corrected chi connectivity index (χ2v) is 5.40. The van der Waals surface area contributed by atoms with Crippen LogP contribution < -0.4 is 4.18 Å². The number of hydrogen-bond donors (Lipinski definition) is 0. The fourth-order valence-electron chi connectivity index (χ4n) is 1.32. The molecule has 1 aromatic heterocycles. The van der Waals surface area contributed by atoms with E-state index in [1.807, 2.05) is 0 Å². The van der Waals surface area contributed by atoms with Gasteiger partial charge in [-0.1, -0.05) is 11.6 Å². The third-order valence-corrected chi connectivity index (χ3v) is 3.46. The maximum Gasteiger partial charge on any atom is 0.534 e. The number of alkyl halides is 3. The van der Waals surface area contributed by atoms with Crippen molar-refractivity contribution in [1.29, 1.82) is 0 Å². The lowest BCUT2D eigenvalue weighted by molar-refractivity contribution is -0.0500. The van der Waals surface area contributed by atoms with Crippen LogP contribution in [-0.2, 0) is 10.1 Å². The summed E-state index contributed by atoms with van der Waals surface area (Å²) in [6.45, 7) is 0. The molecular weight excluding hydrogens is 307 g/mol. The number of benzene rings is 1. The minimum Gasteiger partial charge on any atom is -0.376 e. The van der Waals surface area contributed by atoms with Crippen LogP contribution in [0.5, 0.6) is 5.75 Å². The smallest absolute Gasteiger partial charge is 0.376 e. The quantitative estimate of drug-likeness (QED) is 0.631. The van der Waals surface area contributed by atoms with Gasteiger partial charge in [0.25, 0.3) is 0 Å². The Labute approximate surface area is 110 Å². The lowest BCUT2D eigenvalue weighted by atomic mass is 10.2. The van der Waals surface area contributed by atoms with Crippen LogP contribution in [0.2, 0.25) is 5.02 Å². The Morgan fingerprint density at radius 3 is 2.53 bits per heavy atom. The second kappa shape index (κ2) is 4.53. The van der Waals surface area contributed by atoms with E-state index in [-0.39, 0.29) is 5.52 Å². The topological polar surface area (TPSA) is 56.3 Å². The summed E-state index contributed by atoms with van der Waals surface area (Å²) in [6, 6.07) is 4.95. The molecule has 0 aliphatic rings. The summed E-state index contributed by atoms with van der Waals surface area (Å²) in [5.74, 6) is -0.486. The standard InChI is InChI=1S/C10H5ClF3NO3S/c11-8-3-4-15-9-5-6(1-2-7(8)9)18-19(16,17)10(12,13)14/h1-5H. The van der Waals surface area contributed by atoms with Gasteiger partial charge in [-0.05, 0) is 18.2 Å². The van der Waals surface area contributed by atoms with Crippen molar-refractivity contribution in [2.24, 2.45) is 0 Å². The maximum atomic E-state index is 12.1. The first-order valence-electron chi connectivity index (χ1n) is 4.76. The van der Waals surface area contributed by atoms with Gasteiger partial charge in [-0.3, -0.25) is 4.98 Å². The third kappa shape index (κ3) is 2.74. The van der Waals surface area contributed by atoms with Crippen molar-refractivity contribution in [3.63, 3.8) is 0 Å². The number of rotatable bonds is 2. The first-order valence-corrected chi connectivity index (χ1v) is 6.54. The Kier molecular flexibility index (Phi) is 3.31. The zero-order chi connectivity index (χ0) is 14.3. The normalized spacial score (nSPS) is 12.6. The van der Waals surface area contributed by atoms with Gasteiger partial charge in [0, 0.05) is 17.6 Å². The predicted molar refractivity (Wildman–Crippen MR) is 62.4 cm³/mol. The predicted octanol–water partition coefficient (Wildman–Crippen LogP) is 3.12. The molecule has 0 aliphatic heterocycles. The molecule has 0 fully saturated rings. The van der Waals surface area contributed by atoms with Gasteiger partial charge in [0.2, 0.25) is 0 Å². The van der Waals surface area contributed by atoms with E-state index in [9.17, 15) is 21.6 Å². The summed E-state index contributed by atoms with van der Waals surface area (Å²) >= 11 is 5.84. The van der Waals surface area contributed by atoms with Crippen LogP contribution in [0.3, 0.4) is 0 Å². The van der Waals surface area contributed by atoms with Crippen molar-refractivity contribution in [1.82, 2.24) is 4.98 Å². The molecule has 4 nitrogen and oxygen atoms in total. The van der Waals surface area contributed by atoms with Crippen LogP contribution in [0, 0.1) is 0 Å². The van der Waals surface area contributed by atoms with E-state index in [1.54, 1.807) is 0 Å². The molecule has 0 spiro atoms. The average Bonchev–Trinajstić information content (AvgIpc) is 2.27. The molecule has 0 saturated heterocycles. The summed E-state index contributed by atoms with van der Waals surface area (Å²) in [5, 5.41) is 0.816. The molecule has 102 valence electrons. The molecule has 0 aliphatic carbocycles. The zero-order valence-electron chi connectivity index (χ0n) is 8.98. The summed E-state index contributed by atoms with van der Waals surface area (Å²) in [6.07, 6.45) is 1.34. The monoisotopic (exact) mass is 311 g/mol. The Morgan fingerprint density at radius 2 is 1.89 bits per heavy atom. The van der Waals surface area contributed by atoms with Crippen molar-refractivity contribution in [3.8, 4) is 5.75 Å². The van der Waals surface area contributed by atoms with E-state index in [0.717, 1.165) is 12.1 Å². The van der Waals surface area contributed by atoms with Gasteiger partial charge in [0.05, 0.1) is 10.5 Å². The SMILES string of the molecule is O=S(=O)(Oc1ccc2c(Cl)ccnc2c1)C(F)(F)F. The van der Waals surface area contributed by atoms with Gasteiger partial charge in [0.1, 0.15) is 5.75 Å². The van der Waals surface area contributed by atoms with Crippen LogP contribution in [-0.4, -0.2) is 18.9 Å². The van der Waals surface area contributed by atoms with E-state index in [1.165, 1.54) is 18.3 Å². The Bertz CT molecular complexity index is 730. The molecule has 0 amide bonds. The van der Waals surface area contributed by atoms with Crippen molar-refractivity contribution in [2.75, 3.05) is 0 Å². The van der Waals surface area contributed by atoms with Crippen molar-refractivity contribution >= 4 is 32.6 Å². The Morgan fingerprint density at radius 1 is 1.21 bits per heavy atom. The summed E-state index contributed by atoms with van der Waals surface area (Å²) < 4.78 is 62.1. The first kappa shape index (κ1) is 13.9. The number of hydrogen-bond acceptors (Lipinski definition) is 4. The third-order valence-electron chi connectivity index (χ3n) is 2.15. The highest BCUT2D eigenvalue weighted by atomic mass is 35.5. The summed E-state index contributed by atoms with van der Waals surface area (Å²) in [5.41, 5.74) is -5.26. The second-order valence-electron chi connectivity index (χ2n) is 3.45. The zero-order valence-corrected chi connectivity index (χ0v) is 10.6. The molecule has 0 atom stereocenters. The maximum absolute atomic E-state index is 12.1. The molecular formula is C10H5ClF3NO3S. The summed E-state index contributed by atoms with van der Waals surface area (Å²) in [7, 11) is -5.69. The van der Waals surface area contributed by atoms with E-state index >= 15 is 0 Å². The van der Waals surface area contributed by atoms with Crippen molar-refractivity contribution < 1.29 is 25.8 Å². The lowest BCUT2D eigenvalue weighted by Crippen LogP contribution is -2.28. The molecule has 1 aromatic carbocycles. The van der Waals surface area contributed by atoms with Crippen LogP contribution in [0.25, 0.3) is 10.9 Å². The molecule has 0 saturated carbocycles. The average molecular weight is 312 g/mol. The fourth-order valence-corrected chi connectivity index (χ4v) is 1.99. The van der Waals surface area contributed by atoms with Crippen LogP contribution >= 0.6 is 11.6 Å². The molecule has 19 heavy (non-hydrogen) atoms. The molecule has 0 radical (unpaired) electrons. The number of fused-ring (bicyclic) bond motifs is 1. The minimum atomic E-state index is -5.69. The molecule has 0 bridgehead atoms. The molecule has 0 unspecified atom stereocenters. The van der Waals surface area contributed by atoms with Gasteiger partial charge < -0.3 is 4.18 Å². The van der Waals surface area contributed by atoms with Crippen molar-refractivity contribution in [3.05, 3.63) is 35.5 Å². The van der Waals surface area contributed by atoms with Gasteiger partial charge >= 0.3 is 15.6 Å². The fraction of sp³-hybridized carbons (Fsp3) is 0.100. The van der Waals surface area contributed by atoms with Crippen molar-refractivity contribution in [2.45, 2.75) is 5.51 Å². The highest BCUT2D eigenvalue weighted by molar-refractivity contribution is 7.88. The van der Waals surface area contributed by atoms with Crippen LogP contribution in [0.4, 0.5) is 13.2 Å². The van der Waals surface area contributed by atoms with E-state index in [0.29, 0.717) is 10.4 Å². The molecule has 1 heterocycles. The van der Waals surface area contributed by atoms with Gasteiger partial charge in [-0.25, -0.2) is 0 Å². The Balaban J connectivity index is 2.44.